The zero-order valence-electron chi connectivity index (χ0n) is 28.9. The van der Waals surface area contributed by atoms with Gasteiger partial charge in [-0.2, -0.15) is 0 Å². The lowest BCUT2D eigenvalue weighted by molar-refractivity contribution is 0.556. The Morgan fingerprint density at radius 3 is 0.932 bits per heavy atom. The molecule has 0 heteroatoms. The predicted molar refractivity (Wildman–Crippen MR) is 196 cm³/mol. The second-order valence-corrected chi connectivity index (χ2v) is 13.7. The highest BCUT2D eigenvalue weighted by Gasteiger charge is 2.03. The third kappa shape index (κ3) is 16.7. The number of hydrogen-bond donors (Lipinski definition) is 0. The zero-order chi connectivity index (χ0) is 30.9. The molecule has 0 N–H and O–H groups in total. The molecule has 0 fully saturated rings. The van der Waals surface area contributed by atoms with E-state index in [9.17, 15) is 0 Å². The number of unbranched alkanes of at least 4 members (excludes halogenated alkanes) is 18. The van der Waals surface area contributed by atoms with Crippen molar-refractivity contribution < 1.29 is 0 Å². The maximum Gasteiger partial charge on any atom is -0.00257 e. The summed E-state index contributed by atoms with van der Waals surface area (Å²) in [5, 5.41) is 0. The molecule has 0 atom stereocenters. The summed E-state index contributed by atoms with van der Waals surface area (Å²) < 4.78 is 0. The lowest BCUT2D eigenvalue weighted by Gasteiger charge is -2.08. The fourth-order valence-corrected chi connectivity index (χ4v) is 6.60. The van der Waals surface area contributed by atoms with Crippen LogP contribution in [0.1, 0.15) is 176 Å². The second-order valence-electron chi connectivity index (χ2n) is 13.7. The largest absolute Gasteiger partial charge is 0.0654 e. The summed E-state index contributed by atoms with van der Waals surface area (Å²) >= 11 is 0. The first-order valence-electron chi connectivity index (χ1n) is 19.0. The van der Waals surface area contributed by atoms with Crippen LogP contribution in [0.15, 0.2) is 72.8 Å². The molecule has 0 radical (unpaired) electrons. The van der Waals surface area contributed by atoms with E-state index >= 15 is 0 Å². The molecule has 3 aromatic rings. The first-order chi connectivity index (χ1) is 21.8. The Balaban J connectivity index is 1.29. The van der Waals surface area contributed by atoms with Gasteiger partial charge in [0, 0.05) is 0 Å². The van der Waals surface area contributed by atoms with Crippen molar-refractivity contribution in [2.24, 2.45) is 0 Å². The van der Waals surface area contributed by atoms with E-state index in [0.29, 0.717) is 0 Å². The van der Waals surface area contributed by atoms with E-state index in [1.807, 2.05) is 0 Å². The smallest absolute Gasteiger partial charge is 0.00257 e. The average molecular weight is 595 g/mol. The summed E-state index contributed by atoms with van der Waals surface area (Å²) in [7, 11) is 0. The van der Waals surface area contributed by atoms with E-state index in [2.05, 4.69) is 86.6 Å². The number of hydrogen-bond acceptors (Lipinski definition) is 0. The molecule has 3 aromatic carbocycles. The first-order valence-corrected chi connectivity index (χ1v) is 19.0. The van der Waals surface area contributed by atoms with Crippen LogP contribution in [0.25, 0.3) is 0 Å². The van der Waals surface area contributed by atoms with Crippen LogP contribution in [-0.4, -0.2) is 0 Å². The number of aryl methyl sites for hydroxylation is 2. The summed E-state index contributed by atoms with van der Waals surface area (Å²) in [6, 6.07) is 28.1. The highest BCUT2D eigenvalue weighted by atomic mass is 14.1. The highest BCUT2D eigenvalue weighted by Crippen LogP contribution is 2.19. The molecule has 0 saturated heterocycles. The van der Waals surface area contributed by atoms with E-state index in [-0.39, 0.29) is 0 Å². The van der Waals surface area contributed by atoms with Crippen LogP contribution in [0.4, 0.5) is 0 Å². The van der Waals surface area contributed by atoms with Crippen molar-refractivity contribution >= 4 is 0 Å². The van der Waals surface area contributed by atoms with Crippen molar-refractivity contribution in [2.75, 3.05) is 0 Å². The Morgan fingerprint density at radius 2 is 0.591 bits per heavy atom. The SMILES string of the molecule is CCCCCCCCCCCCc1ccc(Cc2cccc(Cc3ccc(CCCCCCCCCCCC)cc3)c2)cc1. The topological polar surface area (TPSA) is 0 Å². The van der Waals surface area contributed by atoms with Crippen molar-refractivity contribution in [1.29, 1.82) is 0 Å². The molecule has 0 aliphatic rings. The lowest BCUT2D eigenvalue weighted by atomic mass is 9.97. The minimum Gasteiger partial charge on any atom is -0.0654 e. The molecule has 0 heterocycles. The van der Waals surface area contributed by atoms with Gasteiger partial charge in [-0.25, -0.2) is 0 Å². The van der Waals surface area contributed by atoms with Gasteiger partial charge in [-0.3, -0.25) is 0 Å². The summed E-state index contributed by atoms with van der Waals surface area (Å²) in [6.07, 6.45) is 32.6. The van der Waals surface area contributed by atoms with E-state index in [1.165, 1.54) is 175 Å². The van der Waals surface area contributed by atoms with Gasteiger partial charge in [0.05, 0.1) is 0 Å². The molecule has 0 spiro atoms. The van der Waals surface area contributed by atoms with Gasteiger partial charge in [-0.05, 0) is 71.9 Å². The van der Waals surface area contributed by atoms with Crippen molar-refractivity contribution in [3.8, 4) is 0 Å². The van der Waals surface area contributed by atoms with Crippen molar-refractivity contribution in [3.05, 3.63) is 106 Å². The van der Waals surface area contributed by atoms with Gasteiger partial charge in [0.1, 0.15) is 0 Å². The quantitative estimate of drug-likeness (QED) is 0.0811. The minimum absolute atomic E-state index is 1.02. The van der Waals surface area contributed by atoms with E-state index in [1.54, 1.807) is 0 Å². The fraction of sp³-hybridized carbons (Fsp3) is 0.591. The first kappa shape index (κ1) is 36.1. The van der Waals surface area contributed by atoms with Gasteiger partial charge in [0.25, 0.3) is 0 Å². The van der Waals surface area contributed by atoms with Crippen LogP contribution < -0.4 is 0 Å². The van der Waals surface area contributed by atoms with E-state index in [4.69, 9.17) is 0 Å². The van der Waals surface area contributed by atoms with Crippen molar-refractivity contribution in [2.45, 2.75) is 168 Å². The van der Waals surface area contributed by atoms with E-state index < -0.39 is 0 Å². The van der Waals surface area contributed by atoms with Gasteiger partial charge >= 0.3 is 0 Å². The van der Waals surface area contributed by atoms with Crippen LogP contribution in [0, 0.1) is 0 Å². The molecule has 0 unspecified atom stereocenters. The van der Waals surface area contributed by atoms with Gasteiger partial charge < -0.3 is 0 Å². The molecule has 0 amide bonds. The Labute approximate surface area is 273 Å². The van der Waals surface area contributed by atoms with Crippen molar-refractivity contribution in [1.82, 2.24) is 0 Å². The third-order valence-corrected chi connectivity index (χ3v) is 9.49. The second kappa shape index (κ2) is 24.0. The third-order valence-electron chi connectivity index (χ3n) is 9.49. The molecule has 0 aromatic heterocycles. The molecule has 0 nitrogen and oxygen atoms in total. The van der Waals surface area contributed by atoms with Crippen LogP contribution in [-0.2, 0) is 25.7 Å². The number of rotatable bonds is 26. The lowest BCUT2D eigenvalue weighted by Crippen LogP contribution is -1.94. The molecule has 0 aliphatic heterocycles. The molecule has 0 bridgehead atoms. The Bertz CT molecular complexity index is 989. The molecule has 3 rings (SSSR count). The fourth-order valence-electron chi connectivity index (χ4n) is 6.60. The predicted octanol–water partition coefficient (Wildman–Crippen LogP) is 13.8. The van der Waals surface area contributed by atoms with Crippen molar-refractivity contribution in [3.63, 3.8) is 0 Å². The monoisotopic (exact) mass is 595 g/mol. The summed E-state index contributed by atoms with van der Waals surface area (Å²) in [5.74, 6) is 0. The minimum atomic E-state index is 1.02. The standard InChI is InChI=1S/C44H66/c1-3-5-7-9-11-13-15-17-19-21-24-39-28-32-41(33-29-39)36-43-26-23-27-44(38-43)37-42-34-30-40(31-35-42)25-22-20-18-16-14-12-10-8-6-4-2/h23,26-35,38H,3-22,24-25,36-37H2,1-2H3. The number of benzene rings is 3. The summed E-state index contributed by atoms with van der Waals surface area (Å²) in [4.78, 5) is 0. The molecule has 0 aliphatic carbocycles. The van der Waals surface area contributed by atoms with Gasteiger partial charge in [0.2, 0.25) is 0 Å². The molecule has 44 heavy (non-hydrogen) atoms. The van der Waals surface area contributed by atoms with Gasteiger partial charge in [-0.1, -0.05) is 202 Å². The van der Waals surface area contributed by atoms with Gasteiger partial charge in [0.15, 0.2) is 0 Å². The van der Waals surface area contributed by atoms with Crippen LogP contribution in [0.3, 0.4) is 0 Å². The zero-order valence-corrected chi connectivity index (χ0v) is 28.9. The molecule has 242 valence electrons. The normalized spacial score (nSPS) is 11.3. The molecular formula is C44H66. The highest BCUT2D eigenvalue weighted by molar-refractivity contribution is 5.34. The average Bonchev–Trinajstić information content (AvgIpc) is 3.04. The summed E-state index contributed by atoms with van der Waals surface area (Å²) in [5.41, 5.74) is 8.68. The summed E-state index contributed by atoms with van der Waals surface area (Å²) in [6.45, 7) is 4.60. The maximum absolute atomic E-state index is 2.41. The Hall–Kier alpha value is -2.34. The Morgan fingerprint density at radius 1 is 0.295 bits per heavy atom. The van der Waals surface area contributed by atoms with Crippen LogP contribution >= 0.6 is 0 Å². The molecular weight excluding hydrogens is 528 g/mol. The van der Waals surface area contributed by atoms with Gasteiger partial charge in [-0.15, -0.1) is 0 Å². The Kier molecular flexibility index (Phi) is 19.7. The van der Waals surface area contributed by atoms with Crippen LogP contribution in [0.5, 0.6) is 0 Å². The van der Waals surface area contributed by atoms with E-state index in [0.717, 1.165) is 12.8 Å². The maximum atomic E-state index is 2.41. The van der Waals surface area contributed by atoms with Crippen LogP contribution in [0.2, 0.25) is 0 Å². The molecule has 0 saturated carbocycles.